The number of nitrogen functional groups attached to an aromatic ring is 1. The lowest BCUT2D eigenvalue weighted by atomic mass is 10.2. The fourth-order valence-electron chi connectivity index (χ4n) is 4.81. The van der Waals surface area contributed by atoms with Gasteiger partial charge in [0.05, 0.1) is 42.5 Å². The average molecular weight is 823 g/mol. The molecular formula is C38H32Cl4N8OS2. The maximum absolute atomic E-state index is 10.2. The molecule has 0 radical (unpaired) electrons. The van der Waals surface area contributed by atoms with Gasteiger partial charge in [0, 0.05) is 23.5 Å². The lowest BCUT2D eigenvalue weighted by Crippen LogP contribution is -2.02. The van der Waals surface area contributed by atoms with Crippen LogP contribution in [-0.2, 0) is 0 Å². The fourth-order valence-corrected chi connectivity index (χ4v) is 6.12. The molecule has 7 rings (SSSR count). The zero-order valence-corrected chi connectivity index (χ0v) is 33.5. The van der Waals surface area contributed by atoms with Crippen LogP contribution in [0.5, 0.6) is 0 Å². The number of aldehydes is 1. The molecule has 15 heteroatoms. The molecule has 0 saturated heterocycles. The van der Waals surface area contributed by atoms with Crippen molar-refractivity contribution in [2.75, 3.05) is 23.6 Å². The number of aryl methyl sites for hydroxylation is 2. The molecule has 0 aliphatic rings. The monoisotopic (exact) mass is 820 g/mol. The first-order valence-corrected chi connectivity index (χ1v) is 19.7. The van der Waals surface area contributed by atoms with Crippen LogP contribution in [0.2, 0.25) is 20.1 Å². The Hall–Kier alpha value is -4.36. The first kappa shape index (κ1) is 39.8. The largest absolute Gasteiger partial charge is 0.397 e. The zero-order valence-electron chi connectivity index (χ0n) is 28.8. The van der Waals surface area contributed by atoms with E-state index in [1.807, 2.05) is 78.6 Å². The molecule has 0 aliphatic carbocycles. The molecule has 0 bridgehead atoms. The van der Waals surface area contributed by atoms with Crippen LogP contribution in [0.4, 0.5) is 17.2 Å². The van der Waals surface area contributed by atoms with Gasteiger partial charge in [-0.1, -0.05) is 88.1 Å². The number of anilines is 3. The minimum absolute atomic E-state index is 0.409. The van der Waals surface area contributed by atoms with E-state index in [0.29, 0.717) is 36.5 Å². The van der Waals surface area contributed by atoms with E-state index in [1.54, 1.807) is 30.6 Å². The highest BCUT2D eigenvalue weighted by molar-refractivity contribution is 7.98. The van der Waals surface area contributed by atoms with Crippen molar-refractivity contribution in [1.29, 1.82) is 0 Å². The number of carbonyl (C=O) groups is 1. The summed E-state index contributed by atoms with van der Waals surface area (Å²) in [6.45, 7) is 4.08. The van der Waals surface area contributed by atoms with Crippen LogP contribution in [0, 0.1) is 13.8 Å². The molecule has 0 fully saturated rings. The molecule has 0 aliphatic heterocycles. The number of hydrogen-bond acceptors (Lipinski definition) is 10. The molecule has 4 aromatic carbocycles. The predicted molar refractivity (Wildman–Crippen MR) is 223 cm³/mol. The maximum Gasteiger partial charge on any atom is 0.189 e. The van der Waals surface area contributed by atoms with Crippen molar-refractivity contribution in [3.05, 3.63) is 134 Å². The van der Waals surface area contributed by atoms with Gasteiger partial charge in [-0.3, -0.25) is 9.36 Å². The summed E-state index contributed by atoms with van der Waals surface area (Å²) >= 11 is 26.5. The van der Waals surface area contributed by atoms with Gasteiger partial charge in [0.2, 0.25) is 0 Å². The summed E-state index contributed by atoms with van der Waals surface area (Å²) in [6.07, 6.45) is 8.11. The van der Waals surface area contributed by atoms with Crippen molar-refractivity contribution in [3.63, 3.8) is 0 Å². The van der Waals surface area contributed by atoms with Crippen molar-refractivity contribution >= 4 is 104 Å². The number of rotatable bonds is 7. The molecule has 0 saturated carbocycles. The molecule has 3 aromatic heterocycles. The first-order valence-electron chi connectivity index (χ1n) is 15.7. The second-order valence-electron chi connectivity index (χ2n) is 11.2. The molecular weight excluding hydrogens is 790 g/mol. The van der Waals surface area contributed by atoms with E-state index >= 15 is 0 Å². The normalized spacial score (nSPS) is 10.6. The molecule has 270 valence electrons. The van der Waals surface area contributed by atoms with Crippen LogP contribution >= 0.6 is 69.9 Å². The van der Waals surface area contributed by atoms with Gasteiger partial charge in [-0.2, -0.15) is 0 Å². The van der Waals surface area contributed by atoms with Crippen LogP contribution < -0.4 is 11.1 Å². The van der Waals surface area contributed by atoms with E-state index in [1.165, 1.54) is 29.6 Å². The van der Waals surface area contributed by atoms with Gasteiger partial charge in [-0.05, 0) is 104 Å². The molecule has 0 unspecified atom stereocenters. The van der Waals surface area contributed by atoms with E-state index < -0.39 is 0 Å². The molecule has 0 amide bonds. The third-order valence-corrected chi connectivity index (χ3v) is 9.99. The predicted octanol–water partition coefficient (Wildman–Crippen LogP) is 11.5. The second-order valence-corrected chi connectivity index (χ2v) is 14.4. The summed E-state index contributed by atoms with van der Waals surface area (Å²) < 4.78 is 2.03. The van der Waals surface area contributed by atoms with Crippen LogP contribution in [0.15, 0.2) is 108 Å². The SMILES string of the molecule is CSc1nccc(-n2c(-c3ccc(Cl)c(Cl)c3)nc3ccc(C)cc32)n1.CSc1nccc(Nc2cc(C)ccc2N)n1.O=Cc1ccc(Cl)c(Cl)c1. The number of carbonyl (C=O) groups excluding carboxylic acids is 1. The minimum atomic E-state index is 0.409. The van der Waals surface area contributed by atoms with Gasteiger partial charge in [-0.15, -0.1) is 0 Å². The number of hydrogen-bond donors (Lipinski definition) is 2. The Balaban J connectivity index is 0.000000172. The summed E-state index contributed by atoms with van der Waals surface area (Å²) in [5.74, 6) is 2.27. The number of nitrogens with zero attached hydrogens (tertiary/aromatic N) is 6. The molecule has 7 aromatic rings. The smallest absolute Gasteiger partial charge is 0.189 e. The van der Waals surface area contributed by atoms with Crippen molar-refractivity contribution in [3.8, 4) is 17.2 Å². The third kappa shape index (κ3) is 10.4. The summed E-state index contributed by atoms with van der Waals surface area (Å²) in [4.78, 5) is 32.4. The first-order chi connectivity index (χ1) is 25.5. The van der Waals surface area contributed by atoms with Crippen molar-refractivity contribution in [1.82, 2.24) is 29.5 Å². The lowest BCUT2D eigenvalue weighted by molar-refractivity contribution is 0.112. The highest BCUT2D eigenvalue weighted by atomic mass is 35.5. The number of nitrogens with one attached hydrogen (secondary N) is 1. The summed E-state index contributed by atoms with van der Waals surface area (Å²) in [6, 6.07) is 26.0. The maximum atomic E-state index is 10.2. The number of imidazole rings is 1. The zero-order chi connectivity index (χ0) is 38.1. The average Bonchev–Trinajstić information content (AvgIpc) is 3.54. The Morgan fingerprint density at radius 3 is 2.02 bits per heavy atom. The molecule has 9 nitrogen and oxygen atoms in total. The van der Waals surface area contributed by atoms with Gasteiger partial charge < -0.3 is 11.1 Å². The second kappa shape index (κ2) is 18.6. The van der Waals surface area contributed by atoms with Crippen molar-refractivity contribution in [2.24, 2.45) is 0 Å². The summed E-state index contributed by atoms with van der Waals surface area (Å²) in [7, 11) is 0. The molecule has 3 N–H and O–H groups in total. The van der Waals surface area contributed by atoms with Crippen LogP contribution in [0.1, 0.15) is 21.5 Å². The van der Waals surface area contributed by atoms with Crippen LogP contribution in [0.3, 0.4) is 0 Å². The standard InChI is InChI=1S/C19H14Cl2N4S.C12H14N4S.C7H4Cl2O/c1-11-3-6-15-16(9-11)25(17-7-8-22-19(24-17)26-2)18(23-15)12-4-5-13(20)14(21)10-12;1-8-3-4-9(13)10(7-8)15-11-5-6-14-12(16-11)17-2;8-6-2-1-5(4-10)3-7(6)9/h3-10H,1-2H3;3-7H,13H2,1-2H3,(H,14,15,16);1-4H. The Bertz CT molecular complexity index is 2390. The number of aromatic nitrogens is 6. The topological polar surface area (TPSA) is 124 Å². The lowest BCUT2D eigenvalue weighted by Gasteiger charge is -2.10. The fraction of sp³-hybridized carbons (Fsp3) is 0.105. The molecule has 3 heterocycles. The van der Waals surface area contributed by atoms with E-state index in [-0.39, 0.29) is 0 Å². The third-order valence-electron chi connectivity index (χ3n) is 7.39. The van der Waals surface area contributed by atoms with Gasteiger partial charge in [-0.25, -0.2) is 24.9 Å². The molecule has 0 spiro atoms. The van der Waals surface area contributed by atoms with Crippen molar-refractivity contribution in [2.45, 2.75) is 24.2 Å². The highest BCUT2D eigenvalue weighted by Crippen LogP contribution is 2.33. The van der Waals surface area contributed by atoms with Crippen molar-refractivity contribution < 1.29 is 4.79 Å². The van der Waals surface area contributed by atoms with Crippen LogP contribution in [0.25, 0.3) is 28.2 Å². The van der Waals surface area contributed by atoms with Gasteiger partial charge in [0.15, 0.2) is 10.3 Å². The number of halogens is 4. The number of benzene rings is 4. The van der Waals surface area contributed by atoms with Gasteiger partial charge in [0.1, 0.15) is 23.7 Å². The summed E-state index contributed by atoms with van der Waals surface area (Å²) in [5.41, 5.74) is 13.1. The Morgan fingerprint density at radius 2 is 1.34 bits per heavy atom. The number of nitrogens with two attached hydrogens (primary N) is 1. The van der Waals surface area contributed by atoms with Gasteiger partial charge in [0.25, 0.3) is 0 Å². The summed E-state index contributed by atoms with van der Waals surface area (Å²) in [5, 5.41) is 6.52. The number of thioether (sulfide) groups is 2. The van der Waals surface area contributed by atoms with E-state index in [4.69, 9.17) is 57.1 Å². The molecule has 53 heavy (non-hydrogen) atoms. The van der Waals surface area contributed by atoms with E-state index in [9.17, 15) is 4.79 Å². The highest BCUT2D eigenvalue weighted by Gasteiger charge is 2.17. The minimum Gasteiger partial charge on any atom is -0.397 e. The Kier molecular flexibility index (Phi) is 14.0. The van der Waals surface area contributed by atoms with Crippen LogP contribution in [-0.4, -0.2) is 48.3 Å². The number of fused-ring (bicyclic) bond motifs is 1. The quantitative estimate of drug-likeness (QED) is 0.0695. The molecule has 0 atom stereocenters. The Morgan fingerprint density at radius 1 is 0.698 bits per heavy atom. The Labute approximate surface area is 335 Å². The van der Waals surface area contributed by atoms with Gasteiger partial charge >= 0.3 is 0 Å². The van der Waals surface area contributed by atoms with E-state index in [2.05, 4.69) is 38.2 Å². The van der Waals surface area contributed by atoms with E-state index in [0.717, 1.165) is 62.3 Å².